The number of carbonyl (C=O) groups excluding carboxylic acids is 1. The summed E-state index contributed by atoms with van der Waals surface area (Å²) in [5.41, 5.74) is 1.96. The standard InChI is InChI=1S/C16H13BrF3N3O2/c17-12-4-5-14(24)10(6-12)8-22-23-15(25)9-21-13-3-1-2-11(7-13)16(18,19)20/h1-8,21,24H,9H2,(H,23,25)/b22-8-. The minimum atomic E-state index is -4.45. The Balaban J connectivity index is 1.89. The van der Waals surface area contributed by atoms with Crippen molar-refractivity contribution >= 4 is 33.7 Å². The number of rotatable bonds is 5. The van der Waals surface area contributed by atoms with E-state index in [4.69, 9.17) is 0 Å². The van der Waals surface area contributed by atoms with E-state index in [1.807, 2.05) is 0 Å². The largest absolute Gasteiger partial charge is 0.507 e. The molecule has 0 aliphatic heterocycles. The summed E-state index contributed by atoms with van der Waals surface area (Å²) in [7, 11) is 0. The van der Waals surface area contributed by atoms with Crippen molar-refractivity contribution < 1.29 is 23.1 Å². The smallest absolute Gasteiger partial charge is 0.416 e. The number of anilines is 1. The molecule has 5 nitrogen and oxygen atoms in total. The number of alkyl halides is 3. The molecule has 0 aliphatic carbocycles. The van der Waals surface area contributed by atoms with Crippen LogP contribution in [-0.2, 0) is 11.0 Å². The molecule has 25 heavy (non-hydrogen) atoms. The van der Waals surface area contributed by atoms with Crippen molar-refractivity contribution in [2.45, 2.75) is 6.18 Å². The first kappa shape index (κ1) is 18.8. The molecule has 0 heterocycles. The monoisotopic (exact) mass is 415 g/mol. The number of nitrogens with zero attached hydrogens (tertiary/aromatic N) is 1. The number of benzene rings is 2. The Morgan fingerprint density at radius 1 is 1.24 bits per heavy atom. The molecule has 0 saturated heterocycles. The van der Waals surface area contributed by atoms with Crippen LogP contribution in [0.2, 0.25) is 0 Å². The molecule has 2 rings (SSSR count). The van der Waals surface area contributed by atoms with Crippen molar-refractivity contribution in [2.24, 2.45) is 5.10 Å². The second-order valence-corrected chi connectivity index (χ2v) is 5.84. The number of aromatic hydroxyl groups is 1. The molecule has 0 unspecified atom stereocenters. The summed E-state index contributed by atoms with van der Waals surface area (Å²) in [6, 6.07) is 9.23. The van der Waals surface area contributed by atoms with Crippen LogP contribution < -0.4 is 10.7 Å². The molecular weight excluding hydrogens is 403 g/mol. The Hall–Kier alpha value is -2.55. The van der Waals surface area contributed by atoms with Crippen molar-refractivity contribution in [3.05, 3.63) is 58.1 Å². The SMILES string of the molecule is O=C(CNc1cccc(C(F)(F)F)c1)N/N=C\c1cc(Br)ccc1O. The van der Waals surface area contributed by atoms with E-state index >= 15 is 0 Å². The van der Waals surface area contributed by atoms with Crippen molar-refractivity contribution in [1.82, 2.24) is 5.43 Å². The Morgan fingerprint density at radius 2 is 2.00 bits per heavy atom. The van der Waals surface area contributed by atoms with Gasteiger partial charge in [-0.05, 0) is 36.4 Å². The van der Waals surface area contributed by atoms with Gasteiger partial charge in [0.25, 0.3) is 5.91 Å². The predicted octanol–water partition coefficient (Wildman–Crippen LogP) is 3.74. The summed E-state index contributed by atoms with van der Waals surface area (Å²) in [5, 5.41) is 15.9. The highest BCUT2D eigenvalue weighted by atomic mass is 79.9. The molecule has 0 aliphatic rings. The normalized spacial score (nSPS) is 11.5. The Bertz CT molecular complexity index is 794. The highest BCUT2D eigenvalue weighted by Gasteiger charge is 2.30. The lowest BCUT2D eigenvalue weighted by atomic mass is 10.2. The van der Waals surface area contributed by atoms with Crippen molar-refractivity contribution in [3.8, 4) is 5.75 Å². The van der Waals surface area contributed by atoms with Gasteiger partial charge in [0.05, 0.1) is 18.3 Å². The van der Waals surface area contributed by atoms with Gasteiger partial charge in [0.1, 0.15) is 5.75 Å². The van der Waals surface area contributed by atoms with E-state index in [2.05, 4.69) is 31.8 Å². The van der Waals surface area contributed by atoms with E-state index < -0.39 is 17.6 Å². The van der Waals surface area contributed by atoms with E-state index in [1.54, 1.807) is 12.1 Å². The van der Waals surface area contributed by atoms with Gasteiger partial charge in [0.15, 0.2) is 0 Å². The predicted molar refractivity (Wildman–Crippen MR) is 91.5 cm³/mol. The molecule has 2 aromatic rings. The molecule has 0 saturated carbocycles. The van der Waals surface area contributed by atoms with Crippen LogP contribution in [0.3, 0.4) is 0 Å². The van der Waals surface area contributed by atoms with Crippen LogP contribution >= 0.6 is 15.9 Å². The summed E-state index contributed by atoms with van der Waals surface area (Å²) in [5.74, 6) is -0.563. The summed E-state index contributed by atoms with van der Waals surface area (Å²) in [6.07, 6.45) is -3.20. The number of hydrogen-bond donors (Lipinski definition) is 3. The van der Waals surface area contributed by atoms with Crippen LogP contribution in [0, 0.1) is 0 Å². The van der Waals surface area contributed by atoms with Crippen molar-refractivity contribution in [1.29, 1.82) is 0 Å². The van der Waals surface area contributed by atoms with Gasteiger partial charge in [-0.3, -0.25) is 4.79 Å². The van der Waals surface area contributed by atoms with Gasteiger partial charge in [0, 0.05) is 15.7 Å². The van der Waals surface area contributed by atoms with Gasteiger partial charge in [-0.15, -0.1) is 0 Å². The van der Waals surface area contributed by atoms with E-state index in [9.17, 15) is 23.1 Å². The van der Waals surface area contributed by atoms with Gasteiger partial charge in [-0.25, -0.2) is 5.43 Å². The van der Waals surface area contributed by atoms with Gasteiger partial charge >= 0.3 is 6.18 Å². The molecule has 9 heteroatoms. The molecule has 0 bridgehead atoms. The fourth-order valence-corrected chi connectivity index (χ4v) is 2.21. The first-order valence-electron chi connectivity index (χ1n) is 6.97. The average molecular weight is 416 g/mol. The topological polar surface area (TPSA) is 73.7 Å². The zero-order chi connectivity index (χ0) is 18.4. The quantitative estimate of drug-likeness (QED) is 0.514. The van der Waals surface area contributed by atoms with Crippen molar-refractivity contribution in [2.75, 3.05) is 11.9 Å². The van der Waals surface area contributed by atoms with E-state index in [-0.39, 0.29) is 18.0 Å². The van der Waals surface area contributed by atoms with Crippen LogP contribution in [0.5, 0.6) is 5.75 Å². The highest BCUT2D eigenvalue weighted by molar-refractivity contribution is 9.10. The van der Waals surface area contributed by atoms with Crippen molar-refractivity contribution in [3.63, 3.8) is 0 Å². The minimum absolute atomic E-state index is 0.0108. The molecular formula is C16H13BrF3N3O2. The zero-order valence-electron chi connectivity index (χ0n) is 12.6. The minimum Gasteiger partial charge on any atom is -0.507 e. The van der Waals surface area contributed by atoms with Crippen LogP contribution in [0.25, 0.3) is 0 Å². The fourth-order valence-electron chi connectivity index (χ4n) is 1.83. The third kappa shape index (κ3) is 5.79. The average Bonchev–Trinajstić information content (AvgIpc) is 2.55. The van der Waals surface area contributed by atoms with E-state index in [0.717, 1.165) is 16.6 Å². The number of halogens is 4. The number of hydrazone groups is 1. The summed E-state index contributed by atoms with van der Waals surface area (Å²) in [6.45, 7) is -0.261. The molecule has 0 spiro atoms. The third-order valence-corrected chi connectivity index (χ3v) is 3.52. The van der Waals surface area contributed by atoms with E-state index in [0.29, 0.717) is 5.56 Å². The van der Waals surface area contributed by atoms with E-state index in [1.165, 1.54) is 24.4 Å². The maximum atomic E-state index is 12.6. The maximum Gasteiger partial charge on any atom is 0.416 e. The van der Waals surface area contributed by atoms with Gasteiger partial charge in [-0.2, -0.15) is 18.3 Å². The lowest BCUT2D eigenvalue weighted by Gasteiger charge is -2.10. The number of hydrogen-bond acceptors (Lipinski definition) is 4. The van der Waals surface area contributed by atoms with Crippen LogP contribution in [0.4, 0.5) is 18.9 Å². The number of amides is 1. The van der Waals surface area contributed by atoms with Gasteiger partial charge < -0.3 is 10.4 Å². The summed E-state index contributed by atoms with van der Waals surface area (Å²) in [4.78, 5) is 11.7. The first-order valence-corrected chi connectivity index (χ1v) is 7.76. The maximum absolute atomic E-state index is 12.6. The Labute approximate surface area is 149 Å². The van der Waals surface area contributed by atoms with Crippen LogP contribution in [0.1, 0.15) is 11.1 Å². The van der Waals surface area contributed by atoms with Crippen LogP contribution in [0.15, 0.2) is 52.0 Å². The molecule has 132 valence electrons. The number of phenols is 1. The molecule has 0 atom stereocenters. The molecule has 0 fully saturated rings. The molecule has 3 N–H and O–H groups in total. The van der Waals surface area contributed by atoms with Gasteiger partial charge in [-0.1, -0.05) is 22.0 Å². The summed E-state index contributed by atoms with van der Waals surface area (Å²) < 4.78 is 38.5. The molecule has 1 amide bonds. The molecule has 2 aromatic carbocycles. The number of carbonyl (C=O) groups is 1. The lowest BCUT2D eigenvalue weighted by molar-refractivity contribution is -0.137. The highest BCUT2D eigenvalue weighted by Crippen LogP contribution is 2.30. The lowest BCUT2D eigenvalue weighted by Crippen LogP contribution is -2.26. The number of phenolic OH excluding ortho intramolecular Hbond substituents is 1. The molecule has 0 aromatic heterocycles. The number of nitrogens with one attached hydrogen (secondary N) is 2. The summed E-state index contributed by atoms with van der Waals surface area (Å²) >= 11 is 3.24. The Morgan fingerprint density at radius 3 is 2.72 bits per heavy atom. The third-order valence-electron chi connectivity index (χ3n) is 3.03. The molecule has 0 radical (unpaired) electrons. The van der Waals surface area contributed by atoms with Gasteiger partial charge in [0.2, 0.25) is 0 Å². The second-order valence-electron chi connectivity index (χ2n) is 4.93. The fraction of sp³-hybridized carbons (Fsp3) is 0.125. The first-order chi connectivity index (χ1) is 11.8. The zero-order valence-corrected chi connectivity index (χ0v) is 14.2. The Kier molecular flexibility index (Phi) is 6.02. The van der Waals surface area contributed by atoms with Crippen LogP contribution in [-0.4, -0.2) is 23.8 Å². The second kappa shape index (κ2) is 8.02.